The normalized spacial score (nSPS) is 15.5. The molecule has 2 unspecified atom stereocenters. The molecule has 0 heterocycles. The summed E-state index contributed by atoms with van der Waals surface area (Å²) in [6.07, 6.45) is 0. The van der Waals surface area contributed by atoms with Crippen LogP contribution in [0.25, 0.3) is 10.4 Å². The smallest absolute Gasteiger partial charge is 0.0752 e. The van der Waals surface area contributed by atoms with E-state index in [-0.39, 0.29) is 18.0 Å². The summed E-state index contributed by atoms with van der Waals surface area (Å²) in [5.74, 6) is 0. The standard InChI is InChI=1S/C4H8BrN3O2/c5-3(1-9)4(2-10)7-8-6/h3-4,9-10H,1-2H2. The molecule has 0 spiro atoms. The first kappa shape index (κ1) is 9.71. The predicted octanol–water partition coefficient (Wildman–Crippen LogP) is 0.413. The highest BCUT2D eigenvalue weighted by Gasteiger charge is 2.14. The Bertz CT molecular complexity index is 136. The minimum Gasteiger partial charge on any atom is -0.396 e. The molecule has 6 heteroatoms. The van der Waals surface area contributed by atoms with Gasteiger partial charge in [0.1, 0.15) is 0 Å². The molecule has 0 aromatic heterocycles. The van der Waals surface area contributed by atoms with E-state index < -0.39 is 6.04 Å². The third-order valence-corrected chi connectivity index (χ3v) is 1.88. The van der Waals surface area contributed by atoms with Gasteiger partial charge in [-0.05, 0) is 5.53 Å². The molecule has 10 heavy (non-hydrogen) atoms. The van der Waals surface area contributed by atoms with Gasteiger partial charge in [0, 0.05) is 9.74 Å². The van der Waals surface area contributed by atoms with Crippen LogP contribution in [0.15, 0.2) is 5.11 Å². The average Bonchev–Trinajstić information content (AvgIpc) is 1.99. The zero-order valence-corrected chi connectivity index (χ0v) is 6.77. The van der Waals surface area contributed by atoms with Crippen LogP contribution in [0.5, 0.6) is 0 Å². The molecule has 5 nitrogen and oxygen atoms in total. The Morgan fingerprint density at radius 1 is 1.50 bits per heavy atom. The molecule has 58 valence electrons. The van der Waals surface area contributed by atoms with Crippen LogP contribution >= 0.6 is 15.9 Å². The predicted molar refractivity (Wildman–Crippen MR) is 39.8 cm³/mol. The Kier molecular flexibility index (Phi) is 5.33. The summed E-state index contributed by atoms with van der Waals surface area (Å²) in [5, 5.41) is 20.3. The van der Waals surface area contributed by atoms with Gasteiger partial charge in [-0.25, -0.2) is 0 Å². The van der Waals surface area contributed by atoms with Crippen molar-refractivity contribution in [3.05, 3.63) is 10.4 Å². The number of aliphatic hydroxyl groups is 2. The first-order valence-electron chi connectivity index (χ1n) is 2.66. The fourth-order valence-electron chi connectivity index (χ4n) is 0.411. The van der Waals surface area contributed by atoms with E-state index in [1.165, 1.54) is 0 Å². The van der Waals surface area contributed by atoms with Crippen molar-refractivity contribution in [2.24, 2.45) is 5.11 Å². The summed E-state index contributed by atoms with van der Waals surface area (Å²) in [6, 6.07) is -0.588. The number of hydrogen-bond donors (Lipinski definition) is 2. The minimum atomic E-state index is -0.588. The zero-order valence-electron chi connectivity index (χ0n) is 5.18. The molecule has 0 aliphatic heterocycles. The number of rotatable bonds is 4. The number of halogens is 1. The van der Waals surface area contributed by atoms with Gasteiger partial charge in [-0.1, -0.05) is 21.0 Å². The highest BCUT2D eigenvalue weighted by molar-refractivity contribution is 9.09. The maximum Gasteiger partial charge on any atom is 0.0752 e. The summed E-state index contributed by atoms with van der Waals surface area (Å²) in [5.41, 5.74) is 7.96. The van der Waals surface area contributed by atoms with Gasteiger partial charge in [0.2, 0.25) is 0 Å². The second-order valence-electron chi connectivity index (χ2n) is 1.65. The molecular formula is C4H8BrN3O2. The van der Waals surface area contributed by atoms with Crippen molar-refractivity contribution in [1.82, 2.24) is 0 Å². The van der Waals surface area contributed by atoms with Crippen LogP contribution in [-0.2, 0) is 0 Å². The van der Waals surface area contributed by atoms with Crippen LogP contribution in [0.3, 0.4) is 0 Å². The van der Waals surface area contributed by atoms with Gasteiger partial charge in [0.15, 0.2) is 0 Å². The number of aliphatic hydroxyl groups excluding tert-OH is 2. The maximum absolute atomic E-state index is 8.55. The maximum atomic E-state index is 8.55. The highest BCUT2D eigenvalue weighted by atomic mass is 79.9. The van der Waals surface area contributed by atoms with Crippen molar-refractivity contribution < 1.29 is 10.2 Å². The fraction of sp³-hybridized carbons (Fsp3) is 1.00. The third kappa shape index (κ3) is 3.03. The van der Waals surface area contributed by atoms with Crippen molar-refractivity contribution in [2.45, 2.75) is 10.9 Å². The SMILES string of the molecule is [N-]=[N+]=NC(CO)C(Br)CO. The Morgan fingerprint density at radius 2 is 2.10 bits per heavy atom. The lowest BCUT2D eigenvalue weighted by atomic mass is 10.2. The minimum absolute atomic E-state index is 0.162. The summed E-state index contributed by atoms with van der Waals surface area (Å²) in [4.78, 5) is 2.13. The van der Waals surface area contributed by atoms with Crippen molar-refractivity contribution in [1.29, 1.82) is 0 Å². The van der Waals surface area contributed by atoms with Gasteiger partial charge in [-0.3, -0.25) is 0 Å². The molecule has 0 amide bonds. The third-order valence-electron chi connectivity index (χ3n) is 0.979. The Morgan fingerprint density at radius 3 is 2.40 bits per heavy atom. The highest BCUT2D eigenvalue weighted by Crippen LogP contribution is 2.07. The van der Waals surface area contributed by atoms with Gasteiger partial charge in [-0.2, -0.15) is 0 Å². The summed E-state index contributed by atoms with van der Waals surface area (Å²) in [7, 11) is 0. The van der Waals surface area contributed by atoms with Crippen LogP contribution in [0.2, 0.25) is 0 Å². The largest absolute Gasteiger partial charge is 0.396 e. The van der Waals surface area contributed by atoms with E-state index in [2.05, 4.69) is 26.0 Å². The summed E-state index contributed by atoms with van der Waals surface area (Å²) in [6.45, 7) is -0.426. The molecule has 0 aliphatic carbocycles. The summed E-state index contributed by atoms with van der Waals surface area (Å²) >= 11 is 3.03. The van der Waals surface area contributed by atoms with Crippen molar-refractivity contribution in [2.75, 3.05) is 13.2 Å². The quantitative estimate of drug-likeness (QED) is 0.304. The molecule has 0 saturated heterocycles. The van der Waals surface area contributed by atoms with Crippen molar-refractivity contribution >= 4 is 15.9 Å². The first-order valence-corrected chi connectivity index (χ1v) is 3.57. The van der Waals surface area contributed by atoms with E-state index >= 15 is 0 Å². The van der Waals surface area contributed by atoms with E-state index in [1.807, 2.05) is 0 Å². The molecular weight excluding hydrogens is 202 g/mol. The van der Waals surface area contributed by atoms with Gasteiger partial charge in [0.05, 0.1) is 19.3 Å². The van der Waals surface area contributed by atoms with Crippen LogP contribution in [-0.4, -0.2) is 34.3 Å². The number of nitrogens with zero attached hydrogens (tertiary/aromatic N) is 3. The Balaban J connectivity index is 3.91. The molecule has 2 N–H and O–H groups in total. The van der Waals surface area contributed by atoms with Gasteiger partial charge in [-0.15, -0.1) is 0 Å². The van der Waals surface area contributed by atoms with Crippen LogP contribution in [0, 0.1) is 0 Å². The molecule has 0 fully saturated rings. The van der Waals surface area contributed by atoms with Gasteiger partial charge < -0.3 is 10.2 Å². The molecule has 0 rings (SSSR count). The van der Waals surface area contributed by atoms with Crippen molar-refractivity contribution in [3.63, 3.8) is 0 Å². The topological polar surface area (TPSA) is 89.2 Å². The monoisotopic (exact) mass is 209 g/mol. The lowest BCUT2D eigenvalue weighted by Gasteiger charge is -2.10. The molecule has 0 aromatic carbocycles. The first-order chi connectivity index (χ1) is 4.76. The second kappa shape index (κ2) is 5.49. The van der Waals surface area contributed by atoms with E-state index in [0.29, 0.717) is 0 Å². The van der Waals surface area contributed by atoms with E-state index in [1.54, 1.807) is 0 Å². The molecule has 0 saturated carbocycles. The van der Waals surface area contributed by atoms with Crippen LogP contribution < -0.4 is 0 Å². The van der Waals surface area contributed by atoms with Gasteiger partial charge >= 0.3 is 0 Å². The van der Waals surface area contributed by atoms with Crippen molar-refractivity contribution in [3.8, 4) is 0 Å². The van der Waals surface area contributed by atoms with Gasteiger partial charge in [0.25, 0.3) is 0 Å². The van der Waals surface area contributed by atoms with Crippen LogP contribution in [0.4, 0.5) is 0 Å². The molecule has 0 radical (unpaired) electrons. The number of hydrogen-bond acceptors (Lipinski definition) is 3. The Labute approximate surface area is 66.4 Å². The second-order valence-corrected chi connectivity index (χ2v) is 2.83. The lowest BCUT2D eigenvalue weighted by Crippen LogP contribution is -2.25. The zero-order chi connectivity index (χ0) is 7.98. The van der Waals surface area contributed by atoms with E-state index in [4.69, 9.17) is 15.7 Å². The molecule has 0 aromatic rings. The van der Waals surface area contributed by atoms with E-state index in [9.17, 15) is 0 Å². The van der Waals surface area contributed by atoms with E-state index in [0.717, 1.165) is 0 Å². The fourth-order valence-corrected chi connectivity index (χ4v) is 0.684. The molecule has 0 aliphatic rings. The molecule has 2 atom stereocenters. The van der Waals surface area contributed by atoms with Crippen LogP contribution in [0.1, 0.15) is 0 Å². The molecule has 0 bridgehead atoms. The average molecular weight is 210 g/mol. The number of azide groups is 1. The lowest BCUT2D eigenvalue weighted by molar-refractivity contribution is 0.228. The number of alkyl halides is 1. The Hall–Kier alpha value is -0.290. The summed E-state index contributed by atoms with van der Waals surface area (Å²) < 4.78 is 0.